The van der Waals surface area contributed by atoms with Crippen molar-refractivity contribution in [2.24, 2.45) is 0 Å². The van der Waals surface area contributed by atoms with Crippen LogP contribution in [0.5, 0.6) is 5.75 Å². The molecule has 7 nitrogen and oxygen atoms in total. The second-order valence-electron chi connectivity index (χ2n) is 3.80. The maximum absolute atomic E-state index is 11.6. The highest BCUT2D eigenvalue weighted by atomic mass is 35.5. The number of aromatic nitrogens is 1. The van der Waals surface area contributed by atoms with Gasteiger partial charge in [0.05, 0.1) is 0 Å². The van der Waals surface area contributed by atoms with Gasteiger partial charge in [0.1, 0.15) is 5.69 Å². The number of aromatic hydroxyl groups is 1. The summed E-state index contributed by atoms with van der Waals surface area (Å²) in [5.41, 5.74) is -1.59. The number of Topliss-reactive ketones (excluding diaryl/α,β-unsaturated/α-hetero) is 1. The van der Waals surface area contributed by atoms with Gasteiger partial charge < -0.3 is 15.6 Å². The average Bonchev–Trinajstić information content (AvgIpc) is 2.29. The second kappa shape index (κ2) is 5.09. The van der Waals surface area contributed by atoms with Crippen LogP contribution in [0.4, 0.5) is 0 Å². The Morgan fingerprint density at radius 3 is 2.50 bits per heavy atom. The number of carbonyl (C=O) groups is 2. The molecule has 0 fully saturated rings. The van der Waals surface area contributed by atoms with Gasteiger partial charge in [-0.15, -0.1) is 0 Å². The molecule has 1 aromatic heterocycles. The van der Waals surface area contributed by atoms with Crippen molar-refractivity contribution in [2.75, 3.05) is 0 Å². The molecule has 0 saturated heterocycles. The van der Waals surface area contributed by atoms with Crippen LogP contribution in [0.15, 0.2) is 10.9 Å². The van der Waals surface area contributed by atoms with Gasteiger partial charge in [0.2, 0.25) is 11.2 Å². The lowest BCUT2D eigenvalue weighted by Gasteiger charge is -2.10. The molecule has 0 aliphatic carbocycles. The number of carbonyl (C=O) groups excluding carboxylic acids is 2. The maximum Gasteiger partial charge on any atom is 0.294 e. The van der Waals surface area contributed by atoms with Crippen molar-refractivity contribution in [3.63, 3.8) is 0 Å². The van der Waals surface area contributed by atoms with Gasteiger partial charge in [-0.2, -0.15) is 4.73 Å². The zero-order valence-electron chi connectivity index (χ0n) is 9.60. The molecule has 98 valence electrons. The van der Waals surface area contributed by atoms with Crippen LogP contribution < -0.4 is 10.7 Å². The van der Waals surface area contributed by atoms with E-state index in [1.54, 1.807) is 13.8 Å². The molecule has 18 heavy (non-hydrogen) atoms. The first-order valence-corrected chi connectivity index (χ1v) is 5.32. The van der Waals surface area contributed by atoms with Gasteiger partial charge in [-0.05, 0) is 13.8 Å². The second-order valence-corrected chi connectivity index (χ2v) is 4.16. The van der Waals surface area contributed by atoms with Crippen molar-refractivity contribution in [2.45, 2.75) is 19.9 Å². The monoisotopic (exact) mass is 274 g/mol. The average molecular weight is 275 g/mol. The molecule has 1 aromatic rings. The van der Waals surface area contributed by atoms with E-state index in [2.05, 4.69) is 5.32 Å². The third kappa shape index (κ3) is 2.62. The molecular weight excluding hydrogens is 264 g/mol. The molecule has 0 bridgehead atoms. The van der Waals surface area contributed by atoms with Crippen LogP contribution in [0, 0.1) is 0 Å². The van der Waals surface area contributed by atoms with Crippen LogP contribution in [-0.2, 0) is 4.79 Å². The molecule has 1 amide bonds. The summed E-state index contributed by atoms with van der Waals surface area (Å²) in [7, 11) is 0. The highest BCUT2D eigenvalue weighted by Crippen LogP contribution is 2.18. The predicted octanol–water partition coefficient (Wildman–Crippen LogP) is 0.152. The van der Waals surface area contributed by atoms with E-state index in [1.807, 2.05) is 0 Å². The Balaban J connectivity index is 3.23. The minimum Gasteiger partial charge on any atom is -0.502 e. The van der Waals surface area contributed by atoms with Gasteiger partial charge in [0, 0.05) is 12.1 Å². The summed E-state index contributed by atoms with van der Waals surface area (Å²) in [5.74, 6) is -3.03. The Morgan fingerprint density at radius 1 is 1.44 bits per heavy atom. The molecule has 0 atom stereocenters. The molecular formula is C10H11ClN2O5. The first kappa shape index (κ1) is 14.0. The Hall–Kier alpha value is -2.02. The fourth-order valence-corrected chi connectivity index (χ4v) is 1.35. The SMILES string of the molecule is CC(C)NC(=O)C(=O)c1cc(=O)c(O)c(Cl)n1O. The molecule has 0 radical (unpaired) electrons. The number of pyridine rings is 1. The van der Waals surface area contributed by atoms with Crippen LogP contribution in [0.3, 0.4) is 0 Å². The zero-order chi connectivity index (χ0) is 14.0. The van der Waals surface area contributed by atoms with E-state index < -0.39 is 33.7 Å². The van der Waals surface area contributed by atoms with Crippen molar-refractivity contribution in [3.05, 3.63) is 27.1 Å². The van der Waals surface area contributed by atoms with E-state index in [9.17, 15) is 19.6 Å². The summed E-state index contributed by atoms with van der Waals surface area (Å²) in [6.45, 7) is 3.28. The van der Waals surface area contributed by atoms with Gasteiger partial charge in [-0.3, -0.25) is 14.4 Å². The van der Waals surface area contributed by atoms with Crippen molar-refractivity contribution < 1.29 is 19.9 Å². The Kier molecular flexibility index (Phi) is 3.97. The minimum atomic E-state index is -1.13. The normalized spacial score (nSPS) is 10.4. The van der Waals surface area contributed by atoms with E-state index in [4.69, 9.17) is 16.7 Å². The standard InChI is InChI=1S/C10H11ClN2O5/c1-4(2)12-10(17)7(15)5-3-6(14)8(16)9(11)13(5)18/h3-4,16,18H,1-2H3,(H,12,17). The molecule has 0 unspecified atom stereocenters. The minimum absolute atomic E-state index is 0.0839. The van der Waals surface area contributed by atoms with E-state index in [0.717, 1.165) is 0 Å². The van der Waals surface area contributed by atoms with Gasteiger partial charge in [0.25, 0.3) is 11.7 Å². The number of hydrogen-bond acceptors (Lipinski definition) is 5. The van der Waals surface area contributed by atoms with Crippen LogP contribution >= 0.6 is 11.6 Å². The van der Waals surface area contributed by atoms with E-state index in [-0.39, 0.29) is 10.8 Å². The fourth-order valence-electron chi connectivity index (χ4n) is 1.17. The number of ketones is 1. The third-order valence-electron chi connectivity index (χ3n) is 1.97. The number of hydrogen-bond donors (Lipinski definition) is 3. The van der Waals surface area contributed by atoms with Crippen molar-refractivity contribution in [1.82, 2.24) is 10.0 Å². The molecule has 0 aromatic carbocycles. The molecule has 0 aliphatic rings. The zero-order valence-corrected chi connectivity index (χ0v) is 10.4. The molecule has 1 heterocycles. The first-order valence-electron chi connectivity index (χ1n) is 4.94. The lowest BCUT2D eigenvalue weighted by molar-refractivity contribution is -0.117. The Bertz CT molecular complexity index is 564. The third-order valence-corrected chi connectivity index (χ3v) is 2.31. The number of nitrogens with zero attached hydrogens (tertiary/aromatic N) is 1. The van der Waals surface area contributed by atoms with Crippen LogP contribution in [0.2, 0.25) is 5.15 Å². The topological polar surface area (TPSA) is 109 Å². The summed E-state index contributed by atoms with van der Waals surface area (Å²) < 4.78 is 0.0839. The van der Waals surface area contributed by atoms with Crippen LogP contribution in [0.1, 0.15) is 24.3 Å². The molecule has 0 aliphatic heterocycles. The van der Waals surface area contributed by atoms with Gasteiger partial charge >= 0.3 is 0 Å². The van der Waals surface area contributed by atoms with E-state index >= 15 is 0 Å². The first-order chi connectivity index (χ1) is 8.25. The predicted molar refractivity (Wildman–Crippen MR) is 62.2 cm³/mol. The van der Waals surface area contributed by atoms with Crippen molar-refractivity contribution in [1.29, 1.82) is 0 Å². The molecule has 1 rings (SSSR count). The molecule has 3 N–H and O–H groups in total. The van der Waals surface area contributed by atoms with Gasteiger partial charge in [-0.25, -0.2) is 0 Å². The summed E-state index contributed by atoms with van der Waals surface area (Å²) >= 11 is 5.42. The summed E-state index contributed by atoms with van der Waals surface area (Å²) in [6.07, 6.45) is 0. The Morgan fingerprint density at radius 2 is 2.00 bits per heavy atom. The van der Waals surface area contributed by atoms with Gasteiger partial charge in [0.15, 0.2) is 5.15 Å². The fraction of sp³-hybridized carbons (Fsp3) is 0.300. The lowest BCUT2D eigenvalue weighted by atomic mass is 10.2. The van der Waals surface area contributed by atoms with E-state index in [0.29, 0.717) is 6.07 Å². The van der Waals surface area contributed by atoms with E-state index in [1.165, 1.54) is 0 Å². The molecule has 0 saturated carbocycles. The van der Waals surface area contributed by atoms with Crippen molar-refractivity contribution >= 4 is 23.3 Å². The molecule has 0 spiro atoms. The quantitative estimate of drug-likeness (QED) is 0.315. The molecule has 8 heteroatoms. The lowest BCUT2D eigenvalue weighted by Crippen LogP contribution is -2.37. The van der Waals surface area contributed by atoms with Crippen molar-refractivity contribution in [3.8, 4) is 5.75 Å². The number of nitrogens with one attached hydrogen (secondary N) is 1. The van der Waals surface area contributed by atoms with Gasteiger partial charge in [-0.1, -0.05) is 11.6 Å². The summed E-state index contributed by atoms with van der Waals surface area (Å²) in [5, 5.41) is 20.1. The largest absolute Gasteiger partial charge is 0.502 e. The summed E-state index contributed by atoms with van der Waals surface area (Å²) in [6, 6.07) is 0.344. The maximum atomic E-state index is 11.6. The highest BCUT2D eigenvalue weighted by Gasteiger charge is 2.24. The highest BCUT2D eigenvalue weighted by molar-refractivity contribution is 6.42. The number of halogens is 1. The number of amides is 1. The smallest absolute Gasteiger partial charge is 0.294 e. The summed E-state index contributed by atoms with van der Waals surface area (Å²) in [4.78, 5) is 34.3. The number of rotatable bonds is 3. The Labute approximate surface area is 107 Å². The van der Waals surface area contributed by atoms with Crippen LogP contribution in [0.25, 0.3) is 0 Å². The van der Waals surface area contributed by atoms with Crippen LogP contribution in [-0.4, -0.2) is 32.8 Å².